The van der Waals surface area contributed by atoms with Crippen molar-refractivity contribution in [2.24, 2.45) is 0 Å². The lowest BCUT2D eigenvalue weighted by molar-refractivity contribution is -0.870. The Hall–Kier alpha value is -1.36. The number of hydrogen-bond acceptors (Lipinski definition) is 2. The zero-order valence-corrected chi connectivity index (χ0v) is 21.9. The van der Waals surface area contributed by atoms with Crippen LogP contribution in [0.2, 0.25) is 0 Å². The lowest BCUT2D eigenvalue weighted by Gasteiger charge is -2.23. The standard InChI is InChI=1S/C27H53N3O2/c1-5-23-28-26(31)21-18-16-14-12-10-8-6-7-9-11-13-15-17-19-22-27(32)29-24-20-25-30(2,3)4/h6-7H,5,8-25H2,1-4H3,(H-,28,29,31,32)/p+1/b7-6+. The summed E-state index contributed by atoms with van der Waals surface area (Å²) in [6.45, 7) is 4.78. The topological polar surface area (TPSA) is 58.2 Å². The molecule has 0 aliphatic heterocycles. The molecule has 2 amide bonds. The van der Waals surface area contributed by atoms with Crippen LogP contribution < -0.4 is 10.6 Å². The number of hydrogen-bond donors (Lipinski definition) is 2. The van der Waals surface area contributed by atoms with E-state index in [4.69, 9.17) is 0 Å². The summed E-state index contributed by atoms with van der Waals surface area (Å²) >= 11 is 0. The van der Waals surface area contributed by atoms with E-state index in [1.165, 1.54) is 57.8 Å². The van der Waals surface area contributed by atoms with Crippen molar-refractivity contribution in [1.29, 1.82) is 0 Å². The number of amides is 2. The quantitative estimate of drug-likeness (QED) is 0.125. The summed E-state index contributed by atoms with van der Waals surface area (Å²) in [4.78, 5) is 23.3. The fourth-order valence-electron chi connectivity index (χ4n) is 3.61. The molecule has 0 bridgehead atoms. The number of nitrogens with zero attached hydrogens (tertiary/aromatic N) is 1. The Bertz CT molecular complexity index is 484. The molecule has 2 N–H and O–H groups in total. The molecule has 0 aromatic carbocycles. The molecule has 0 saturated carbocycles. The third kappa shape index (κ3) is 24.9. The van der Waals surface area contributed by atoms with Gasteiger partial charge in [-0.15, -0.1) is 0 Å². The first-order valence-electron chi connectivity index (χ1n) is 13.3. The van der Waals surface area contributed by atoms with E-state index in [1.54, 1.807) is 0 Å². The normalized spacial score (nSPS) is 11.8. The van der Waals surface area contributed by atoms with Crippen molar-refractivity contribution in [2.75, 3.05) is 40.8 Å². The minimum Gasteiger partial charge on any atom is -0.356 e. The number of carbonyl (C=O) groups excluding carboxylic acids is 2. The van der Waals surface area contributed by atoms with Gasteiger partial charge in [0.1, 0.15) is 0 Å². The van der Waals surface area contributed by atoms with E-state index in [-0.39, 0.29) is 11.8 Å². The number of nitrogens with one attached hydrogen (secondary N) is 2. The highest BCUT2D eigenvalue weighted by molar-refractivity contribution is 5.76. The van der Waals surface area contributed by atoms with Crippen molar-refractivity contribution in [3.05, 3.63) is 12.2 Å². The molecule has 0 unspecified atom stereocenters. The largest absolute Gasteiger partial charge is 0.356 e. The summed E-state index contributed by atoms with van der Waals surface area (Å²) in [5, 5.41) is 5.98. The highest BCUT2D eigenvalue weighted by Gasteiger charge is 2.06. The fourth-order valence-corrected chi connectivity index (χ4v) is 3.61. The van der Waals surface area contributed by atoms with Crippen molar-refractivity contribution < 1.29 is 14.1 Å². The number of allylic oxidation sites excluding steroid dienone is 2. The van der Waals surface area contributed by atoms with Crippen LogP contribution in [0.25, 0.3) is 0 Å². The van der Waals surface area contributed by atoms with Crippen LogP contribution in [0.5, 0.6) is 0 Å². The monoisotopic (exact) mass is 452 g/mol. The van der Waals surface area contributed by atoms with Crippen molar-refractivity contribution in [2.45, 2.75) is 110 Å². The third-order valence-electron chi connectivity index (χ3n) is 5.62. The van der Waals surface area contributed by atoms with Crippen LogP contribution in [0, 0.1) is 0 Å². The van der Waals surface area contributed by atoms with Gasteiger partial charge in [0, 0.05) is 32.4 Å². The molecule has 0 fully saturated rings. The molecule has 5 heteroatoms. The minimum absolute atomic E-state index is 0.210. The number of rotatable bonds is 22. The van der Waals surface area contributed by atoms with Gasteiger partial charge in [0.05, 0.1) is 27.7 Å². The smallest absolute Gasteiger partial charge is 0.219 e. The minimum atomic E-state index is 0.210. The second-order valence-corrected chi connectivity index (χ2v) is 10.2. The molecule has 0 aliphatic rings. The van der Waals surface area contributed by atoms with E-state index < -0.39 is 0 Å². The number of unbranched alkanes of at least 4 members (excludes halogenated alkanes) is 10. The molecular weight excluding hydrogens is 398 g/mol. The molecule has 0 saturated heterocycles. The van der Waals surface area contributed by atoms with Crippen molar-refractivity contribution in [1.82, 2.24) is 10.6 Å². The van der Waals surface area contributed by atoms with Gasteiger partial charge >= 0.3 is 0 Å². The van der Waals surface area contributed by atoms with Crippen LogP contribution in [-0.2, 0) is 9.59 Å². The summed E-state index contributed by atoms with van der Waals surface area (Å²) in [7, 11) is 6.54. The van der Waals surface area contributed by atoms with Gasteiger partial charge in [0.2, 0.25) is 11.8 Å². The molecular formula is C27H54N3O2+. The van der Waals surface area contributed by atoms with E-state index in [1.807, 2.05) is 0 Å². The second-order valence-electron chi connectivity index (χ2n) is 10.2. The zero-order valence-electron chi connectivity index (χ0n) is 21.9. The lowest BCUT2D eigenvalue weighted by atomic mass is 10.1. The average Bonchev–Trinajstić information content (AvgIpc) is 2.74. The Balaban J connectivity index is 3.29. The highest BCUT2D eigenvalue weighted by atomic mass is 16.2. The van der Waals surface area contributed by atoms with Crippen molar-refractivity contribution in [3.8, 4) is 0 Å². The van der Waals surface area contributed by atoms with Crippen LogP contribution in [0.15, 0.2) is 12.2 Å². The Morgan fingerprint density at radius 1 is 0.625 bits per heavy atom. The van der Waals surface area contributed by atoms with Crippen molar-refractivity contribution in [3.63, 3.8) is 0 Å². The van der Waals surface area contributed by atoms with Gasteiger partial charge in [-0.3, -0.25) is 9.59 Å². The van der Waals surface area contributed by atoms with Gasteiger partial charge in [-0.2, -0.15) is 0 Å². The predicted octanol–water partition coefficient (Wildman–Crippen LogP) is 5.74. The molecule has 0 aromatic heterocycles. The molecule has 0 heterocycles. The third-order valence-corrected chi connectivity index (χ3v) is 5.62. The molecule has 0 aromatic rings. The van der Waals surface area contributed by atoms with Crippen LogP contribution in [0.1, 0.15) is 110 Å². The molecule has 0 spiro atoms. The van der Waals surface area contributed by atoms with E-state index in [0.29, 0.717) is 12.8 Å². The number of quaternary nitrogens is 1. The van der Waals surface area contributed by atoms with E-state index in [0.717, 1.165) is 56.2 Å². The van der Waals surface area contributed by atoms with Crippen LogP contribution in [0.3, 0.4) is 0 Å². The molecule has 0 atom stereocenters. The predicted molar refractivity (Wildman–Crippen MR) is 138 cm³/mol. The Kier molecular flexibility index (Phi) is 20.6. The van der Waals surface area contributed by atoms with Gasteiger partial charge in [0.25, 0.3) is 0 Å². The first-order valence-corrected chi connectivity index (χ1v) is 13.3. The zero-order chi connectivity index (χ0) is 23.9. The maximum absolute atomic E-state index is 11.8. The summed E-state index contributed by atoms with van der Waals surface area (Å²) in [5.41, 5.74) is 0. The summed E-state index contributed by atoms with van der Waals surface area (Å²) in [5.74, 6) is 0.425. The molecule has 0 radical (unpaired) electrons. The average molecular weight is 453 g/mol. The van der Waals surface area contributed by atoms with Crippen LogP contribution in [0.4, 0.5) is 0 Å². The SMILES string of the molecule is CCCNC(=O)CCCCCCC/C=C/CCCCCCCC(=O)NCCC[N+](C)(C)C. The van der Waals surface area contributed by atoms with E-state index in [9.17, 15) is 9.59 Å². The van der Waals surface area contributed by atoms with Crippen molar-refractivity contribution >= 4 is 11.8 Å². The van der Waals surface area contributed by atoms with E-state index in [2.05, 4.69) is 50.9 Å². The van der Waals surface area contributed by atoms with Crippen LogP contribution in [-0.4, -0.2) is 57.1 Å². The molecule has 32 heavy (non-hydrogen) atoms. The Morgan fingerprint density at radius 2 is 1.06 bits per heavy atom. The summed E-state index contributed by atoms with van der Waals surface area (Å²) in [6.07, 6.45) is 22.3. The van der Waals surface area contributed by atoms with Crippen LogP contribution >= 0.6 is 0 Å². The summed E-state index contributed by atoms with van der Waals surface area (Å²) in [6, 6.07) is 0. The maximum Gasteiger partial charge on any atom is 0.219 e. The second kappa shape index (κ2) is 21.5. The fraction of sp³-hybridized carbons (Fsp3) is 0.852. The van der Waals surface area contributed by atoms with Gasteiger partial charge < -0.3 is 15.1 Å². The number of carbonyl (C=O) groups is 2. The van der Waals surface area contributed by atoms with Gasteiger partial charge in [0.15, 0.2) is 0 Å². The Labute approximate surface area is 199 Å². The first kappa shape index (κ1) is 30.6. The Morgan fingerprint density at radius 3 is 1.53 bits per heavy atom. The van der Waals surface area contributed by atoms with E-state index >= 15 is 0 Å². The highest BCUT2D eigenvalue weighted by Crippen LogP contribution is 2.10. The van der Waals surface area contributed by atoms with Gasteiger partial charge in [-0.05, 0) is 44.9 Å². The lowest BCUT2D eigenvalue weighted by Crippen LogP contribution is -2.37. The molecule has 0 aliphatic carbocycles. The molecule has 5 nitrogen and oxygen atoms in total. The molecule has 0 rings (SSSR count). The maximum atomic E-state index is 11.8. The molecule has 188 valence electrons. The first-order chi connectivity index (χ1) is 15.3. The van der Waals surface area contributed by atoms with Gasteiger partial charge in [-0.1, -0.05) is 57.6 Å². The summed E-state index contributed by atoms with van der Waals surface area (Å²) < 4.78 is 0.951. The van der Waals surface area contributed by atoms with Gasteiger partial charge in [-0.25, -0.2) is 0 Å².